The summed E-state index contributed by atoms with van der Waals surface area (Å²) in [6, 6.07) is 3.35. The summed E-state index contributed by atoms with van der Waals surface area (Å²) < 4.78 is 17.3. The van der Waals surface area contributed by atoms with Gasteiger partial charge in [-0.15, -0.1) is 0 Å². The van der Waals surface area contributed by atoms with Crippen molar-refractivity contribution in [1.29, 1.82) is 0 Å². The quantitative estimate of drug-likeness (QED) is 0.561. The van der Waals surface area contributed by atoms with Gasteiger partial charge >= 0.3 is 11.9 Å². The van der Waals surface area contributed by atoms with Crippen molar-refractivity contribution in [2.75, 3.05) is 20.3 Å². The average molecular weight is 528 g/mol. The molecule has 0 fully saturated rings. The fraction of sp³-hybridized carbons (Fsp3) is 0.333. The Labute approximate surface area is 185 Å². The van der Waals surface area contributed by atoms with Crippen LogP contribution in [0.15, 0.2) is 21.1 Å². The summed E-state index contributed by atoms with van der Waals surface area (Å²) in [5.41, 5.74) is 5.07. The lowest BCUT2D eigenvalue weighted by Gasteiger charge is -2.09. The van der Waals surface area contributed by atoms with E-state index in [1.54, 1.807) is 12.1 Å². The zero-order valence-electron chi connectivity index (χ0n) is 16.2. The zero-order valence-corrected chi connectivity index (χ0v) is 19.4. The number of carboxylic acids is 1. The van der Waals surface area contributed by atoms with E-state index in [0.717, 1.165) is 44.0 Å². The van der Waals surface area contributed by atoms with Gasteiger partial charge in [0.25, 0.3) is 0 Å². The number of hydrogen-bond donors (Lipinski definition) is 1. The van der Waals surface area contributed by atoms with Gasteiger partial charge in [0.05, 0.1) is 20.3 Å². The maximum absolute atomic E-state index is 11.5. The highest BCUT2D eigenvalue weighted by atomic mass is 79.9. The Bertz CT molecular complexity index is 1000. The normalized spacial score (nSPS) is 13.4. The summed E-state index contributed by atoms with van der Waals surface area (Å²) in [5.74, 6) is -0.0709. The Balaban J connectivity index is 0.000000166. The van der Waals surface area contributed by atoms with Crippen molar-refractivity contribution in [2.45, 2.75) is 26.7 Å². The smallest absolute Gasteiger partial charge is 0.341 e. The molecule has 2 aliphatic rings. The molecule has 4 rings (SSSR count). The summed E-state index contributed by atoms with van der Waals surface area (Å²) in [6.45, 7) is 5.19. The van der Waals surface area contributed by atoms with Gasteiger partial charge in [-0.3, -0.25) is 0 Å². The van der Waals surface area contributed by atoms with Crippen LogP contribution in [0.2, 0.25) is 0 Å². The molecule has 2 heterocycles. The van der Waals surface area contributed by atoms with E-state index in [4.69, 9.17) is 19.3 Å². The number of methoxy groups -OCH3 is 1. The molecule has 29 heavy (non-hydrogen) atoms. The molecule has 0 saturated carbocycles. The van der Waals surface area contributed by atoms with Crippen molar-refractivity contribution >= 4 is 43.8 Å². The zero-order chi connectivity index (χ0) is 21.3. The first-order valence-corrected chi connectivity index (χ1v) is 10.6. The molecule has 0 spiro atoms. The molecule has 0 amide bonds. The Morgan fingerprint density at radius 1 is 0.931 bits per heavy atom. The van der Waals surface area contributed by atoms with Crippen LogP contribution in [-0.4, -0.2) is 37.4 Å². The van der Waals surface area contributed by atoms with Crippen LogP contribution >= 0.6 is 31.9 Å². The monoisotopic (exact) mass is 526 g/mol. The SMILES string of the molecule is COC(=O)c1cc(Br)c(C)c2c1OCC2.Cc1c(Br)cc(C(=O)O)c2c1CCO2. The molecular weight excluding hydrogens is 508 g/mol. The van der Waals surface area contributed by atoms with Crippen molar-refractivity contribution in [2.24, 2.45) is 0 Å². The number of ether oxygens (including phenoxy) is 3. The lowest BCUT2D eigenvalue weighted by Crippen LogP contribution is -2.04. The number of esters is 1. The number of rotatable bonds is 2. The summed E-state index contributed by atoms with van der Waals surface area (Å²) >= 11 is 6.78. The third-order valence-corrected chi connectivity index (χ3v) is 6.68. The van der Waals surface area contributed by atoms with Crippen LogP contribution < -0.4 is 9.47 Å². The van der Waals surface area contributed by atoms with Crippen molar-refractivity contribution in [3.8, 4) is 11.5 Å². The topological polar surface area (TPSA) is 82.1 Å². The van der Waals surface area contributed by atoms with Gasteiger partial charge in [-0.25, -0.2) is 9.59 Å². The minimum Gasteiger partial charge on any atom is -0.492 e. The molecule has 0 saturated heterocycles. The number of halogens is 2. The highest BCUT2D eigenvalue weighted by molar-refractivity contribution is 9.10. The molecule has 0 bridgehead atoms. The van der Waals surface area contributed by atoms with E-state index >= 15 is 0 Å². The van der Waals surface area contributed by atoms with Crippen LogP contribution in [0.3, 0.4) is 0 Å². The Morgan fingerprint density at radius 3 is 1.83 bits per heavy atom. The van der Waals surface area contributed by atoms with E-state index in [0.29, 0.717) is 30.3 Å². The lowest BCUT2D eigenvalue weighted by atomic mass is 10.0. The second-order valence-electron chi connectivity index (χ2n) is 6.67. The maximum atomic E-state index is 11.5. The summed E-state index contributed by atoms with van der Waals surface area (Å²) in [6.07, 6.45) is 1.64. The molecule has 2 aliphatic heterocycles. The fourth-order valence-electron chi connectivity index (χ4n) is 3.42. The van der Waals surface area contributed by atoms with Crippen LogP contribution in [0.1, 0.15) is 43.0 Å². The first kappa shape index (κ1) is 21.6. The second-order valence-corrected chi connectivity index (χ2v) is 8.38. The van der Waals surface area contributed by atoms with Gasteiger partial charge in [-0.05, 0) is 37.1 Å². The predicted molar refractivity (Wildman–Crippen MR) is 114 cm³/mol. The van der Waals surface area contributed by atoms with Crippen molar-refractivity contribution in [3.05, 3.63) is 54.5 Å². The Kier molecular flexibility index (Phi) is 6.53. The molecular formula is C21H20Br2O6. The number of aromatic carboxylic acids is 1. The highest BCUT2D eigenvalue weighted by Crippen LogP contribution is 2.37. The third-order valence-electron chi connectivity index (χ3n) is 5.03. The van der Waals surface area contributed by atoms with Gasteiger partial charge in [0.2, 0.25) is 0 Å². The van der Waals surface area contributed by atoms with Gasteiger partial charge in [-0.1, -0.05) is 31.9 Å². The molecule has 0 aliphatic carbocycles. The lowest BCUT2D eigenvalue weighted by molar-refractivity contribution is 0.0596. The molecule has 1 N–H and O–H groups in total. The van der Waals surface area contributed by atoms with Crippen molar-refractivity contribution in [1.82, 2.24) is 0 Å². The number of carboxylic acid groups (broad SMARTS) is 1. The Hall–Kier alpha value is -2.06. The van der Waals surface area contributed by atoms with Gasteiger partial charge in [0.15, 0.2) is 0 Å². The molecule has 2 aromatic rings. The van der Waals surface area contributed by atoms with Crippen LogP contribution in [0.25, 0.3) is 0 Å². The van der Waals surface area contributed by atoms with Crippen LogP contribution in [0, 0.1) is 13.8 Å². The molecule has 8 heteroatoms. The minimum atomic E-state index is -0.941. The molecule has 0 aromatic heterocycles. The predicted octanol–water partition coefficient (Wildman–Crippen LogP) is 4.87. The minimum absolute atomic E-state index is 0.245. The summed E-state index contributed by atoms with van der Waals surface area (Å²) in [7, 11) is 1.37. The number of carbonyl (C=O) groups is 2. The summed E-state index contributed by atoms with van der Waals surface area (Å²) in [4.78, 5) is 22.4. The number of benzene rings is 2. The average Bonchev–Trinajstić information content (AvgIpc) is 3.37. The number of fused-ring (bicyclic) bond motifs is 2. The van der Waals surface area contributed by atoms with E-state index < -0.39 is 5.97 Å². The standard InChI is InChI=1S/C11H11BrO3.C10H9BrO3/c1-6-7-3-4-15-10(7)8(5-9(6)12)11(13)14-2;1-5-6-2-3-14-9(6)7(10(12)13)4-8(5)11/h5H,3-4H2,1-2H3;4H,2-3H2,1H3,(H,12,13). The number of carbonyl (C=O) groups excluding carboxylic acids is 1. The molecule has 0 radical (unpaired) electrons. The van der Waals surface area contributed by atoms with E-state index in [1.807, 2.05) is 13.8 Å². The van der Waals surface area contributed by atoms with Crippen LogP contribution in [0.5, 0.6) is 11.5 Å². The summed E-state index contributed by atoms with van der Waals surface area (Å²) in [5, 5.41) is 8.96. The third kappa shape index (κ3) is 4.14. The van der Waals surface area contributed by atoms with E-state index in [2.05, 4.69) is 31.9 Å². The van der Waals surface area contributed by atoms with E-state index in [-0.39, 0.29) is 11.5 Å². The maximum Gasteiger partial charge on any atom is 0.341 e. The van der Waals surface area contributed by atoms with Crippen molar-refractivity contribution < 1.29 is 28.9 Å². The molecule has 154 valence electrons. The van der Waals surface area contributed by atoms with Crippen LogP contribution in [-0.2, 0) is 17.6 Å². The van der Waals surface area contributed by atoms with Gasteiger partial charge in [0.1, 0.15) is 22.6 Å². The van der Waals surface area contributed by atoms with E-state index in [9.17, 15) is 9.59 Å². The molecule has 6 nitrogen and oxygen atoms in total. The molecule has 0 unspecified atom stereocenters. The largest absolute Gasteiger partial charge is 0.492 e. The molecule has 2 aromatic carbocycles. The second kappa shape index (κ2) is 8.75. The number of hydrogen-bond acceptors (Lipinski definition) is 5. The fourth-order valence-corrected chi connectivity index (χ4v) is 4.35. The molecule has 0 atom stereocenters. The first-order valence-electron chi connectivity index (χ1n) is 8.97. The van der Waals surface area contributed by atoms with Gasteiger partial charge < -0.3 is 19.3 Å². The van der Waals surface area contributed by atoms with E-state index in [1.165, 1.54) is 7.11 Å². The van der Waals surface area contributed by atoms with Gasteiger partial charge in [0, 0.05) is 32.9 Å². The van der Waals surface area contributed by atoms with Crippen LogP contribution in [0.4, 0.5) is 0 Å². The van der Waals surface area contributed by atoms with Gasteiger partial charge in [-0.2, -0.15) is 0 Å². The Morgan fingerprint density at radius 2 is 1.38 bits per heavy atom. The highest BCUT2D eigenvalue weighted by Gasteiger charge is 2.25. The first-order chi connectivity index (χ1) is 13.8. The van der Waals surface area contributed by atoms with Crippen molar-refractivity contribution in [3.63, 3.8) is 0 Å².